The van der Waals surface area contributed by atoms with Crippen LogP contribution in [0, 0.1) is 17.8 Å². The molecule has 0 amide bonds. The summed E-state index contributed by atoms with van der Waals surface area (Å²) in [5, 5.41) is 11.7. The topological polar surface area (TPSA) is 58.9 Å². The summed E-state index contributed by atoms with van der Waals surface area (Å²) < 4.78 is 5.83. The molecule has 0 aliphatic heterocycles. The van der Waals surface area contributed by atoms with Crippen LogP contribution in [-0.4, -0.2) is 29.4 Å². The molecule has 18 heavy (non-hydrogen) atoms. The van der Waals surface area contributed by atoms with Crippen LogP contribution in [0.25, 0.3) is 0 Å². The molecule has 0 saturated heterocycles. The minimum Gasteiger partial charge on any atom is -0.410 e. The monoisotopic (exact) mass is 255 g/mol. The summed E-state index contributed by atoms with van der Waals surface area (Å²) in [4.78, 5) is 11.2. The zero-order valence-corrected chi connectivity index (χ0v) is 11.8. The Morgan fingerprint density at radius 3 is 2.61 bits per heavy atom. The Kier molecular flexibility index (Phi) is 5.79. The van der Waals surface area contributed by atoms with Crippen LogP contribution in [0.2, 0.25) is 0 Å². The van der Waals surface area contributed by atoms with E-state index >= 15 is 0 Å². The van der Waals surface area contributed by atoms with Crippen molar-refractivity contribution < 1.29 is 14.7 Å². The number of ether oxygens (including phenoxy) is 1. The van der Waals surface area contributed by atoms with E-state index in [4.69, 9.17) is 9.94 Å². The zero-order valence-electron chi connectivity index (χ0n) is 11.8. The Labute approximate surface area is 109 Å². The Morgan fingerprint density at radius 2 is 2.11 bits per heavy atom. The van der Waals surface area contributed by atoms with E-state index in [1.807, 2.05) is 0 Å². The molecule has 0 aromatic heterocycles. The van der Waals surface area contributed by atoms with Crippen molar-refractivity contribution >= 4 is 11.5 Å². The van der Waals surface area contributed by atoms with Crippen LogP contribution in [0.1, 0.15) is 47.0 Å². The van der Waals surface area contributed by atoms with Crippen LogP contribution in [-0.2, 0) is 9.53 Å². The van der Waals surface area contributed by atoms with Gasteiger partial charge in [-0.05, 0) is 30.6 Å². The highest BCUT2D eigenvalue weighted by molar-refractivity contribution is 6.39. The van der Waals surface area contributed by atoms with Crippen LogP contribution in [0.5, 0.6) is 0 Å². The van der Waals surface area contributed by atoms with Gasteiger partial charge in [0.25, 0.3) is 0 Å². The summed E-state index contributed by atoms with van der Waals surface area (Å²) in [7, 11) is 0. The fourth-order valence-electron chi connectivity index (χ4n) is 2.69. The average Bonchev–Trinajstić information content (AvgIpc) is 2.29. The number of oxime groups is 1. The first-order valence-corrected chi connectivity index (χ1v) is 6.79. The van der Waals surface area contributed by atoms with Crippen LogP contribution in [0.15, 0.2) is 5.16 Å². The van der Waals surface area contributed by atoms with E-state index in [-0.39, 0.29) is 24.2 Å². The second kappa shape index (κ2) is 6.88. The van der Waals surface area contributed by atoms with Crippen LogP contribution < -0.4 is 0 Å². The lowest BCUT2D eigenvalue weighted by Gasteiger charge is -2.37. The lowest BCUT2D eigenvalue weighted by molar-refractivity contribution is -0.111. The van der Waals surface area contributed by atoms with Crippen molar-refractivity contribution in [3.8, 4) is 0 Å². The average molecular weight is 255 g/mol. The lowest BCUT2D eigenvalue weighted by Crippen LogP contribution is -2.36. The first-order valence-electron chi connectivity index (χ1n) is 6.79. The minimum atomic E-state index is -0.234. The summed E-state index contributed by atoms with van der Waals surface area (Å²) in [6, 6.07) is 0. The number of hydrogen-bond donors (Lipinski definition) is 1. The van der Waals surface area contributed by atoms with Crippen molar-refractivity contribution in [1.82, 2.24) is 0 Å². The number of hydrogen-bond acceptors (Lipinski definition) is 4. The fraction of sp³-hybridized carbons (Fsp3) is 0.857. The van der Waals surface area contributed by atoms with Crippen LogP contribution in [0.3, 0.4) is 0 Å². The summed E-state index contributed by atoms with van der Waals surface area (Å²) >= 11 is 0. The molecule has 0 aromatic rings. The molecule has 0 aromatic carbocycles. The molecule has 3 atom stereocenters. The van der Waals surface area contributed by atoms with Gasteiger partial charge in [0.2, 0.25) is 0 Å². The largest absolute Gasteiger partial charge is 0.410 e. The maximum atomic E-state index is 11.2. The van der Waals surface area contributed by atoms with Gasteiger partial charge in [-0.25, -0.2) is 0 Å². The highest BCUT2D eigenvalue weighted by Gasteiger charge is 2.31. The fourth-order valence-corrected chi connectivity index (χ4v) is 2.69. The van der Waals surface area contributed by atoms with Gasteiger partial charge in [-0.3, -0.25) is 4.79 Å². The predicted octanol–water partition coefficient (Wildman–Crippen LogP) is 2.88. The first-order chi connectivity index (χ1) is 8.45. The van der Waals surface area contributed by atoms with Gasteiger partial charge in [0.1, 0.15) is 5.71 Å². The third-order valence-corrected chi connectivity index (χ3v) is 3.92. The molecule has 0 heterocycles. The van der Waals surface area contributed by atoms with Crippen molar-refractivity contribution in [2.75, 3.05) is 6.61 Å². The molecule has 0 spiro atoms. The lowest BCUT2D eigenvalue weighted by atomic mass is 9.75. The molecule has 1 saturated carbocycles. The van der Waals surface area contributed by atoms with Gasteiger partial charge in [-0.15, -0.1) is 0 Å². The Morgan fingerprint density at radius 1 is 1.44 bits per heavy atom. The number of rotatable bonds is 5. The van der Waals surface area contributed by atoms with E-state index in [2.05, 4.69) is 25.9 Å². The normalized spacial score (nSPS) is 29.6. The Hall–Kier alpha value is -0.900. The summed E-state index contributed by atoms with van der Waals surface area (Å²) in [5.74, 6) is 1.54. The molecule has 4 nitrogen and oxygen atoms in total. The maximum Gasteiger partial charge on any atom is 0.179 e. The smallest absolute Gasteiger partial charge is 0.179 e. The molecule has 1 aliphatic carbocycles. The Balaban J connectivity index is 2.58. The van der Waals surface area contributed by atoms with E-state index in [0.29, 0.717) is 17.8 Å². The number of carbonyl (C=O) groups is 1. The van der Waals surface area contributed by atoms with E-state index in [1.165, 1.54) is 19.8 Å². The van der Waals surface area contributed by atoms with E-state index in [1.54, 1.807) is 0 Å². The zero-order chi connectivity index (χ0) is 13.7. The standard InChI is InChI=1S/C14H25NO3/c1-9(2)12-6-5-10(3)7-14(12)18-8-13(15-17)11(4)16/h9-10,12,14,17H,5-8H2,1-4H3/b15-13-/t10-,12+,14-/m1/s1. The minimum absolute atomic E-state index is 0.107. The van der Waals surface area contributed by atoms with Crippen molar-refractivity contribution in [1.29, 1.82) is 0 Å². The number of nitrogens with zero attached hydrogens (tertiary/aromatic N) is 1. The van der Waals surface area contributed by atoms with Gasteiger partial charge in [0.15, 0.2) is 5.78 Å². The van der Waals surface area contributed by atoms with Gasteiger partial charge in [0, 0.05) is 6.92 Å². The van der Waals surface area contributed by atoms with Crippen LogP contribution >= 0.6 is 0 Å². The second-order valence-electron chi connectivity index (χ2n) is 5.78. The van der Waals surface area contributed by atoms with Gasteiger partial charge < -0.3 is 9.94 Å². The van der Waals surface area contributed by atoms with Crippen molar-refractivity contribution in [2.45, 2.75) is 53.1 Å². The molecule has 0 radical (unpaired) electrons. The van der Waals surface area contributed by atoms with Gasteiger partial charge >= 0.3 is 0 Å². The van der Waals surface area contributed by atoms with Gasteiger partial charge in [0.05, 0.1) is 12.7 Å². The number of Topliss-reactive ketones (excluding diaryl/α,β-unsaturated/α-hetero) is 1. The highest BCUT2D eigenvalue weighted by atomic mass is 16.5. The highest BCUT2D eigenvalue weighted by Crippen LogP contribution is 2.35. The van der Waals surface area contributed by atoms with E-state index < -0.39 is 0 Å². The Bertz CT molecular complexity index is 312. The molecule has 1 rings (SSSR count). The molecule has 0 bridgehead atoms. The van der Waals surface area contributed by atoms with Crippen LogP contribution in [0.4, 0.5) is 0 Å². The third kappa shape index (κ3) is 4.09. The quantitative estimate of drug-likeness (QED) is 0.467. The molecule has 1 N–H and O–H groups in total. The molecular formula is C14H25NO3. The molecule has 4 heteroatoms. The molecule has 104 valence electrons. The maximum absolute atomic E-state index is 11.2. The van der Waals surface area contributed by atoms with E-state index in [9.17, 15) is 4.79 Å². The molecular weight excluding hydrogens is 230 g/mol. The molecule has 0 unspecified atom stereocenters. The summed E-state index contributed by atoms with van der Waals surface area (Å²) in [5.41, 5.74) is 0.107. The van der Waals surface area contributed by atoms with Gasteiger partial charge in [-0.1, -0.05) is 32.3 Å². The SMILES string of the molecule is CC(=O)/C(CO[C@@H]1C[C@H](C)CC[C@H]1C(C)C)=N\O. The van der Waals surface area contributed by atoms with Gasteiger partial charge in [-0.2, -0.15) is 0 Å². The van der Waals surface area contributed by atoms with Crippen molar-refractivity contribution in [3.05, 3.63) is 0 Å². The predicted molar refractivity (Wildman–Crippen MR) is 71.0 cm³/mol. The van der Waals surface area contributed by atoms with E-state index in [0.717, 1.165) is 6.42 Å². The summed E-state index contributed by atoms with van der Waals surface area (Å²) in [6.45, 7) is 8.17. The van der Waals surface area contributed by atoms with Crippen molar-refractivity contribution in [2.24, 2.45) is 22.9 Å². The number of carbonyl (C=O) groups excluding carboxylic acids is 1. The third-order valence-electron chi connectivity index (χ3n) is 3.92. The first kappa shape index (κ1) is 15.2. The number of ketones is 1. The molecule has 1 aliphatic rings. The summed E-state index contributed by atoms with van der Waals surface area (Å²) in [6.07, 6.45) is 3.62. The second-order valence-corrected chi connectivity index (χ2v) is 5.78. The molecule has 1 fully saturated rings. The van der Waals surface area contributed by atoms with Crippen molar-refractivity contribution in [3.63, 3.8) is 0 Å².